The number of nitro groups is 1. The Bertz CT molecular complexity index is 1020. The monoisotopic (exact) mass is 379 g/mol. The van der Waals surface area contributed by atoms with Gasteiger partial charge in [0.15, 0.2) is 0 Å². The van der Waals surface area contributed by atoms with Gasteiger partial charge in [-0.2, -0.15) is 0 Å². The van der Waals surface area contributed by atoms with Crippen LogP contribution in [0.4, 0.5) is 16.3 Å². The van der Waals surface area contributed by atoms with Crippen LogP contribution >= 0.6 is 0 Å². The van der Waals surface area contributed by atoms with Crippen molar-refractivity contribution < 1.29 is 9.72 Å². The third-order valence-corrected chi connectivity index (χ3v) is 5.39. The zero-order valence-electron chi connectivity index (χ0n) is 15.6. The van der Waals surface area contributed by atoms with Gasteiger partial charge in [0.2, 0.25) is 5.82 Å². The van der Waals surface area contributed by atoms with Gasteiger partial charge < -0.3 is 9.80 Å². The first-order valence-electron chi connectivity index (χ1n) is 9.24. The number of benzene rings is 1. The van der Waals surface area contributed by atoms with Crippen molar-refractivity contribution in [3.8, 4) is 0 Å². The summed E-state index contributed by atoms with van der Waals surface area (Å²) in [7, 11) is 1.83. The summed E-state index contributed by atoms with van der Waals surface area (Å²) < 4.78 is 1.68. The van der Waals surface area contributed by atoms with Crippen molar-refractivity contribution >= 4 is 28.4 Å². The van der Waals surface area contributed by atoms with Crippen molar-refractivity contribution in [1.82, 2.24) is 14.5 Å². The molecule has 3 heterocycles. The number of piperidine rings is 1. The summed E-state index contributed by atoms with van der Waals surface area (Å²) in [6, 6.07) is 12.8. The molecule has 28 heavy (non-hydrogen) atoms. The van der Waals surface area contributed by atoms with Crippen LogP contribution < -0.4 is 4.90 Å². The zero-order chi connectivity index (χ0) is 19.7. The quantitative estimate of drug-likeness (QED) is 0.513. The molecule has 8 nitrogen and oxygen atoms in total. The standard InChI is InChI=1S/C20H21N5O3/c1-22(19-18(25(27)28)7-4-11-21-19)16-9-12-23(13-10-16)20(26)24-14-8-15-5-2-3-6-17(15)24/h2-8,11,14,16H,9-10,12-13H2,1H3. The average Bonchev–Trinajstić information content (AvgIpc) is 3.17. The van der Waals surface area contributed by atoms with Crippen molar-refractivity contribution in [2.45, 2.75) is 18.9 Å². The highest BCUT2D eigenvalue weighted by Crippen LogP contribution is 2.28. The maximum atomic E-state index is 12.9. The van der Waals surface area contributed by atoms with Crippen molar-refractivity contribution in [3.05, 3.63) is 65.0 Å². The molecule has 8 heteroatoms. The molecular formula is C20H21N5O3. The summed E-state index contributed by atoms with van der Waals surface area (Å²) in [6.07, 6.45) is 4.83. The topological polar surface area (TPSA) is 84.5 Å². The number of rotatable bonds is 3. The maximum absolute atomic E-state index is 12.9. The van der Waals surface area contributed by atoms with Crippen LogP contribution in [0.5, 0.6) is 0 Å². The van der Waals surface area contributed by atoms with Gasteiger partial charge in [0.05, 0.1) is 10.4 Å². The van der Waals surface area contributed by atoms with Crippen LogP contribution in [-0.2, 0) is 0 Å². The lowest BCUT2D eigenvalue weighted by Crippen LogP contribution is -2.47. The third kappa shape index (κ3) is 3.17. The van der Waals surface area contributed by atoms with Gasteiger partial charge in [-0.15, -0.1) is 0 Å². The second-order valence-corrected chi connectivity index (χ2v) is 6.96. The molecule has 0 atom stereocenters. The van der Waals surface area contributed by atoms with Crippen LogP contribution in [0.1, 0.15) is 12.8 Å². The predicted molar refractivity (Wildman–Crippen MR) is 107 cm³/mol. The number of fused-ring (bicyclic) bond motifs is 1. The van der Waals surface area contributed by atoms with Crippen LogP contribution in [0, 0.1) is 10.1 Å². The van der Waals surface area contributed by atoms with Gasteiger partial charge in [-0.05, 0) is 31.0 Å². The fourth-order valence-electron chi connectivity index (χ4n) is 3.82. The highest BCUT2D eigenvalue weighted by Gasteiger charge is 2.29. The summed E-state index contributed by atoms with van der Waals surface area (Å²) in [4.78, 5) is 31.7. The molecule has 0 radical (unpaired) electrons. The van der Waals surface area contributed by atoms with Crippen LogP contribution in [0.25, 0.3) is 10.9 Å². The van der Waals surface area contributed by atoms with E-state index in [1.807, 2.05) is 53.4 Å². The molecule has 0 aliphatic carbocycles. The van der Waals surface area contributed by atoms with E-state index in [2.05, 4.69) is 4.98 Å². The Morgan fingerprint density at radius 2 is 1.93 bits per heavy atom. The number of amides is 1. The molecule has 2 aromatic heterocycles. The summed E-state index contributed by atoms with van der Waals surface area (Å²) in [5, 5.41) is 12.3. The highest BCUT2D eigenvalue weighted by atomic mass is 16.6. The summed E-state index contributed by atoms with van der Waals surface area (Å²) in [6.45, 7) is 1.20. The summed E-state index contributed by atoms with van der Waals surface area (Å²) in [5.41, 5.74) is 0.901. The molecule has 1 saturated heterocycles. The van der Waals surface area contributed by atoms with E-state index in [-0.39, 0.29) is 17.8 Å². The lowest BCUT2D eigenvalue weighted by Gasteiger charge is -2.37. The Morgan fingerprint density at radius 1 is 1.18 bits per heavy atom. The first-order chi connectivity index (χ1) is 13.6. The van der Waals surface area contributed by atoms with E-state index in [0.717, 1.165) is 23.7 Å². The molecule has 1 fully saturated rings. The Labute approximate surface area is 162 Å². The number of aromatic nitrogens is 2. The molecule has 0 spiro atoms. The summed E-state index contributed by atoms with van der Waals surface area (Å²) in [5.74, 6) is 0.369. The van der Waals surface area contributed by atoms with E-state index in [0.29, 0.717) is 18.9 Å². The van der Waals surface area contributed by atoms with Crippen molar-refractivity contribution in [3.63, 3.8) is 0 Å². The largest absolute Gasteiger partial charge is 0.351 e. The normalized spacial score (nSPS) is 15.0. The zero-order valence-corrected chi connectivity index (χ0v) is 15.6. The molecular weight excluding hydrogens is 358 g/mol. The number of para-hydroxylation sites is 1. The van der Waals surface area contributed by atoms with Gasteiger partial charge in [-0.1, -0.05) is 18.2 Å². The number of hydrogen-bond acceptors (Lipinski definition) is 5. The van der Waals surface area contributed by atoms with Gasteiger partial charge in [0.1, 0.15) is 0 Å². The Hall–Kier alpha value is -3.42. The minimum absolute atomic E-state index is 0.00215. The van der Waals surface area contributed by atoms with Crippen molar-refractivity contribution in [2.24, 2.45) is 0 Å². The second kappa shape index (κ2) is 7.30. The highest BCUT2D eigenvalue weighted by molar-refractivity contribution is 5.91. The molecule has 4 rings (SSSR count). The van der Waals surface area contributed by atoms with Crippen molar-refractivity contribution in [2.75, 3.05) is 25.0 Å². The number of anilines is 1. The third-order valence-electron chi connectivity index (χ3n) is 5.39. The van der Waals surface area contributed by atoms with E-state index in [1.165, 1.54) is 6.07 Å². The minimum Gasteiger partial charge on any atom is -0.351 e. The van der Waals surface area contributed by atoms with Crippen molar-refractivity contribution in [1.29, 1.82) is 0 Å². The fraction of sp³-hybridized carbons (Fsp3) is 0.300. The second-order valence-electron chi connectivity index (χ2n) is 6.96. The number of nitrogens with zero attached hydrogens (tertiary/aromatic N) is 5. The molecule has 0 N–H and O–H groups in total. The molecule has 1 aliphatic heterocycles. The van der Waals surface area contributed by atoms with Gasteiger partial charge in [-0.3, -0.25) is 14.7 Å². The molecule has 1 aromatic carbocycles. The van der Waals surface area contributed by atoms with Gasteiger partial charge >= 0.3 is 11.7 Å². The van der Waals surface area contributed by atoms with E-state index >= 15 is 0 Å². The molecule has 1 aliphatic rings. The number of carbonyl (C=O) groups is 1. The predicted octanol–water partition coefficient (Wildman–Crippen LogP) is 3.51. The Morgan fingerprint density at radius 3 is 2.68 bits per heavy atom. The number of hydrogen-bond donors (Lipinski definition) is 0. The number of pyridine rings is 1. The summed E-state index contributed by atoms with van der Waals surface area (Å²) >= 11 is 0. The molecule has 1 amide bonds. The van der Waals surface area contributed by atoms with E-state index in [4.69, 9.17) is 0 Å². The molecule has 0 saturated carbocycles. The van der Waals surface area contributed by atoms with Crippen LogP contribution in [0.3, 0.4) is 0 Å². The first-order valence-corrected chi connectivity index (χ1v) is 9.24. The van der Waals surface area contributed by atoms with Gasteiger partial charge in [0.25, 0.3) is 0 Å². The Kier molecular flexibility index (Phi) is 4.68. The molecule has 0 unspecified atom stereocenters. The van der Waals surface area contributed by atoms with Gasteiger partial charge in [0, 0.05) is 50.0 Å². The average molecular weight is 379 g/mol. The van der Waals surface area contributed by atoms with E-state index < -0.39 is 4.92 Å². The molecule has 0 bridgehead atoms. The van der Waals surface area contributed by atoms with E-state index in [1.54, 1.807) is 16.8 Å². The SMILES string of the molecule is CN(c1ncccc1[N+](=O)[O-])C1CCN(C(=O)n2ccc3ccccc32)CC1. The molecule has 144 valence electrons. The first kappa shape index (κ1) is 18.0. The Balaban J connectivity index is 1.46. The molecule has 3 aromatic rings. The number of likely N-dealkylation sites (tertiary alicyclic amines) is 1. The fourth-order valence-corrected chi connectivity index (χ4v) is 3.82. The van der Waals surface area contributed by atoms with E-state index in [9.17, 15) is 14.9 Å². The minimum atomic E-state index is -0.408. The smallest absolute Gasteiger partial charge is 0.328 e. The lowest BCUT2D eigenvalue weighted by molar-refractivity contribution is -0.384. The van der Waals surface area contributed by atoms with Gasteiger partial charge in [-0.25, -0.2) is 9.78 Å². The number of carbonyl (C=O) groups excluding carboxylic acids is 1. The van der Waals surface area contributed by atoms with Crippen LogP contribution in [-0.4, -0.2) is 51.6 Å². The van der Waals surface area contributed by atoms with Crippen LogP contribution in [0.2, 0.25) is 0 Å². The van der Waals surface area contributed by atoms with Crippen LogP contribution in [0.15, 0.2) is 54.9 Å². The maximum Gasteiger partial charge on any atom is 0.328 e. The lowest BCUT2D eigenvalue weighted by atomic mass is 10.0.